The van der Waals surface area contributed by atoms with Crippen molar-refractivity contribution >= 4 is 55.3 Å². The van der Waals surface area contributed by atoms with Gasteiger partial charge < -0.3 is 15.1 Å². The summed E-state index contributed by atoms with van der Waals surface area (Å²) in [6.45, 7) is 6.32. The van der Waals surface area contributed by atoms with Gasteiger partial charge in [-0.2, -0.15) is 5.10 Å². The summed E-state index contributed by atoms with van der Waals surface area (Å²) in [5.74, 6) is 0. The van der Waals surface area contributed by atoms with E-state index in [1.54, 1.807) is 0 Å². The quantitative estimate of drug-likeness (QED) is 0.367. The SMILES string of the molecule is Cc1sc2ccc(NC(=S)N3CCCC3)cc2c1CCN(C)Cc1ccc2[nH]ncc2c1. The van der Waals surface area contributed by atoms with E-state index in [4.69, 9.17) is 12.2 Å². The van der Waals surface area contributed by atoms with Crippen LogP contribution in [-0.4, -0.2) is 51.8 Å². The third-order valence-electron chi connectivity index (χ3n) is 6.34. The number of rotatable bonds is 6. The second kappa shape index (κ2) is 9.17. The van der Waals surface area contributed by atoms with Crippen molar-refractivity contribution in [3.63, 3.8) is 0 Å². The number of aromatic nitrogens is 2. The summed E-state index contributed by atoms with van der Waals surface area (Å²) < 4.78 is 1.35. The molecule has 32 heavy (non-hydrogen) atoms. The minimum absolute atomic E-state index is 0.852. The van der Waals surface area contributed by atoms with E-state index in [9.17, 15) is 0 Å². The predicted molar refractivity (Wildman–Crippen MR) is 140 cm³/mol. The Morgan fingerprint density at radius 3 is 2.91 bits per heavy atom. The number of fused-ring (bicyclic) bond motifs is 2. The maximum absolute atomic E-state index is 5.63. The topological polar surface area (TPSA) is 47.2 Å². The van der Waals surface area contributed by atoms with Crippen LogP contribution in [0.25, 0.3) is 21.0 Å². The van der Waals surface area contributed by atoms with Gasteiger partial charge in [-0.15, -0.1) is 11.3 Å². The minimum Gasteiger partial charge on any atom is -0.349 e. The third kappa shape index (κ3) is 4.51. The summed E-state index contributed by atoms with van der Waals surface area (Å²) in [6.07, 6.45) is 5.40. The average Bonchev–Trinajstić information content (AvgIpc) is 3.52. The molecule has 5 rings (SSSR count). The maximum atomic E-state index is 5.63. The fraction of sp³-hybridized carbons (Fsp3) is 0.360. The van der Waals surface area contributed by atoms with Crippen molar-refractivity contribution in [3.05, 3.63) is 58.6 Å². The van der Waals surface area contributed by atoms with Crippen molar-refractivity contribution < 1.29 is 0 Å². The van der Waals surface area contributed by atoms with Crippen LogP contribution in [0.15, 0.2) is 42.6 Å². The summed E-state index contributed by atoms with van der Waals surface area (Å²) in [5, 5.41) is 14.0. The van der Waals surface area contributed by atoms with Gasteiger partial charge in [0.05, 0.1) is 11.7 Å². The van der Waals surface area contributed by atoms with E-state index in [2.05, 4.69) is 75.7 Å². The van der Waals surface area contributed by atoms with Crippen molar-refractivity contribution in [2.75, 3.05) is 32.0 Å². The van der Waals surface area contributed by atoms with Crippen LogP contribution in [0.4, 0.5) is 5.69 Å². The molecule has 5 nitrogen and oxygen atoms in total. The second-order valence-electron chi connectivity index (χ2n) is 8.75. The zero-order valence-corrected chi connectivity index (χ0v) is 20.3. The number of likely N-dealkylation sites (tertiary alicyclic amines) is 1. The molecule has 0 saturated carbocycles. The fourth-order valence-electron chi connectivity index (χ4n) is 4.57. The normalized spacial score (nSPS) is 14.2. The standard InChI is InChI=1S/C25H29N5S2/c1-17-21(9-12-29(2)16-18-5-7-23-19(13-18)15-26-28-23)22-14-20(6-8-24(22)32-17)27-25(31)30-10-3-4-11-30/h5-8,13-15H,3-4,9-12,16H2,1-2H3,(H,26,28)(H,27,31). The Bertz CT molecular complexity index is 1250. The molecule has 7 heteroatoms. The molecule has 1 aliphatic heterocycles. The van der Waals surface area contributed by atoms with Gasteiger partial charge in [0.1, 0.15) is 0 Å². The molecular formula is C25H29N5S2. The molecule has 0 bridgehead atoms. The Labute approximate surface area is 198 Å². The van der Waals surface area contributed by atoms with Crippen LogP contribution in [0.1, 0.15) is 28.8 Å². The van der Waals surface area contributed by atoms with Gasteiger partial charge in [-0.3, -0.25) is 5.10 Å². The Morgan fingerprint density at radius 2 is 2.06 bits per heavy atom. The number of anilines is 1. The Balaban J connectivity index is 1.27. The first-order valence-corrected chi connectivity index (χ1v) is 12.5. The van der Waals surface area contributed by atoms with Gasteiger partial charge in [0.2, 0.25) is 0 Å². The number of nitrogens with one attached hydrogen (secondary N) is 2. The number of H-pyrrole nitrogens is 1. The highest BCUT2D eigenvalue weighted by Gasteiger charge is 2.16. The predicted octanol–water partition coefficient (Wildman–Crippen LogP) is 5.55. The van der Waals surface area contributed by atoms with E-state index < -0.39 is 0 Å². The highest BCUT2D eigenvalue weighted by Crippen LogP contribution is 2.33. The molecule has 1 aliphatic rings. The van der Waals surface area contributed by atoms with Crippen LogP contribution in [0.5, 0.6) is 0 Å². The largest absolute Gasteiger partial charge is 0.349 e. The lowest BCUT2D eigenvalue weighted by Gasteiger charge is -2.20. The number of nitrogens with zero attached hydrogens (tertiary/aromatic N) is 3. The molecule has 2 N–H and O–H groups in total. The van der Waals surface area contributed by atoms with Crippen LogP contribution in [0.2, 0.25) is 0 Å². The number of aromatic amines is 1. The first kappa shape index (κ1) is 21.4. The fourth-order valence-corrected chi connectivity index (χ4v) is 5.96. The Morgan fingerprint density at radius 1 is 1.22 bits per heavy atom. The van der Waals surface area contributed by atoms with Crippen LogP contribution in [0.3, 0.4) is 0 Å². The van der Waals surface area contributed by atoms with Gasteiger partial charge in [0, 0.05) is 46.8 Å². The number of benzene rings is 2. The number of hydrogen-bond acceptors (Lipinski definition) is 4. The summed E-state index contributed by atoms with van der Waals surface area (Å²) in [4.78, 5) is 6.08. The zero-order valence-electron chi connectivity index (χ0n) is 18.6. The molecular weight excluding hydrogens is 434 g/mol. The first-order chi connectivity index (χ1) is 15.6. The van der Waals surface area contributed by atoms with Crippen molar-refractivity contribution in [1.29, 1.82) is 0 Å². The van der Waals surface area contributed by atoms with Crippen molar-refractivity contribution in [1.82, 2.24) is 20.0 Å². The molecule has 0 aliphatic carbocycles. The van der Waals surface area contributed by atoms with E-state index >= 15 is 0 Å². The van der Waals surface area contributed by atoms with E-state index in [-0.39, 0.29) is 0 Å². The second-order valence-corrected chi connectivity index (χ2v) is 10.4. The molecule has 0 amide bonds. The van der Waals surface area contributed by atoms with E-state index in [1.807, 2.05) is 17.5 Å². The van der Waals surface area contributed by atoms with Gasteiger partial charge in [-0.1, -0.05) is 6.07 Å². The van der Waals surface area contributed by atoms with Gasteiger partial charge in [0.25, 0.3) is 0 Å². The molecule has 2 aromatic carbocycles. The number of hydrogen-bond donors (Lipinski definition) is 2. The molecule has 0 unspecified atom stereocenters. The molecule has 1 saturated heterocycles. The molecule has 3 heterocycles. The highest BCUT2D eigenvalue weighted by molar-refractivity contribution is 7.80. The smallest absolute Gasteiger partial charge is 0.173 e. The van der Waals surface area contributed by atoms with Crippen molar-refractivity contribution in [2.45, 2.75) is 32.7 Å². The summed E-state index contributed by atoms with van der Waals surface area (Å²) >= 11 is 7.52. The van der Waals surface area contributed by atoms with E-state index in [0.717, 1.165) is 48.9 Å². The number of likely N-dealkylation sites (N-methyl/N-ethyl adjacent to an activating group) is 1. The summed E-state index contributed by atoms with van der Waals surface area (Å²) in [6, 6.07) is 13.2. The molecule has 166 valence electrons. The average molecular weight is 464 g/mol. The zero-order chi connectivity index (χ0) is 22.1. The first-order valence-electron chi connectivity index (χ1n) is 11.3. The molecule has 0 spiro atoms. The van der Waals surface area contributed by atoms with Gasteiger partial charge in [-0.25, -0.2) is 0 Å². The van der Waals surface area contributed by atoms with Crippen molar-refractivity contribution in [3.8, 4) is 0 Å². The van der Waals surface area contributed by atoms with Gasteiger partial charge in [0.15, 0.2) is 5.11 Å². The maximum Gasteiger partial charge on any atom is 0.173 e. The lowest BCUT2D eigenvalue weighted by Crippen LogP contribution is -2.31. The molecule has 0 atom stereocenters. The summed E-state index contributed by atoms with van der Waals surface area (Å²) in [7, 11) is 2.20. The lowest BCUT2D eigenvalue weighted by molar-refractivity contribution is 0.331. The van der Waals surface area contributed by atoms with Gasteiger partial charge in [-0.05, 0) is 92.3 Å². The van der Waals surface area contributed by atoms with Crippen LogP contribution < -0.4 is 5.32 Å². The summed E-state index contributed by atoms with van der Waals surface area (Å²) in [5.41, 5.74) is 4.95. The third-order valence-corrected chi connectivity index (χ3v) is 7.83. The van der Waals surface area contributed by atoms with Crippen LogP contribution >= 0.6 is 23.6 Å². The van der Waals surface area contributed by atoms with Crippen molar-refractivity contribution in [2.24, 2.45) is 0 Å². The Kier molecular flexibility index (Phi) is 6.13. The number of thiophene rings is 1. The molecule has 0 radical (unpaired) electrons. The minimum atomic E-state index is 0.852. The molecule has 1 fully saturated rings. The molecule has 4 aromatic rings. The van der Waals surface area contributed by atoms with Crippen LogP contribution in [0, 0.1) is 6.92 Å². The monoisotopic (exact) mass is 463 g/mol. The number of thiocarbonyl (C=S) groups is 1. The van der Waals surface area contributed by atoms with Crippen LogP contribution in [-0.2, 0) is 13.0 Å². The lowest BCUT2D eigenvalue weighted by atomic mass is 10.1. The van der Waals surface area contributed by atoms with E-state index in [0.29, 0.717) is 0 Å². The Hall–Kier alpha value is -2.48. The highest BCUT2D eigenvalue weighted by atomic mass is 32.1. The number of aryl methyl sites for hydroxylation is 1. The van der Waals surface area contributed by atoms with Gasteiger partial charge >= 0.3 is 0 Å². The van der Waals surface area contributed by atoms with E-state index in [1.165, 1.54) is 44.3 Å². The molecule has 2 aromatic heterocycles.